The molecule has 2 N–H and O–H groups in total. The zero-order chi connectivity index (χ0) is 13.7. The number of nitrogens with zero attached hydrogens (tertiary/aromatic N) is 1. The molecule has 1 aliphatic rings. The van der Waals surface area contributed by atoms with Crippen molar-refractivity contribution in [1.29, 1.82) is 0 Å². The fraction of sp³-hybridized carbons (Fsp3) is 0.538. The molecule has 0 bridgehead atoms. The average molecular weight is 268 g/mol. The number of hydrogen-bond donors (Lipinski definition) is 2. The van der Waals surface area contributed by atoms with E-state index < -0.39 is 11.8 Å². The summed E-state index contributed by atoms with van der Waals surface area (Å²) in [6.07, 6.45) is 4.52. The van der Waals surface area contributed by atoms with Gasteiger partial charge in [-0.05, 0) is 31.2 Å². The summed E-state index contributed by atoms with van der Waals surface area (Å²) in [5.74, 6) is -1.41. The summed E-state index contributed by atoms with van der Waals surface area (Å²) in [6, 6.07) is 1.14. The van der Waals surface area contributed by atoms with E-state index in [1.54, 1.807) is 0 Å². The average Bonchev–Trinajstić information content (AvgIpc) is 3.19. The highest BCUT2D eigenvalue weighted by Gasteiger charge is 2.20. The summed E-state index contributed by atoms with van der Waals surface area (Å²) >= 11 is 0. The summed E-state index contributed by atoms with van der Waals surface area (Å²) in [4.78, 5) is 14.5. The normalized spacial score (nSPS) is 14.4. The summed E-state index contributed by atoms with van der Waals surface area (Å²) in [6.45, 7) is 1.92. The molecule has 2 rings (SSSR count). The van der Waals surface area contributed by atoms with Gasteiger partial charge >= 0.3 is 5.97 Å². The number of anilines is 1. The van der Waals surface area contributed by atoms with Crippen molar-refractivity contribution in [2.45, 2.75) is 19.3 Å². The Morgan fingerprint density at radius 2 is 2.37 bits per heavy atom. The van der Waals surface area contributed by atoms with Crippen LogP contribution in [0.25, 0.3) is 0 Å². The molecule has 5 nitrogen and oxygen atoms in total. The van der Waals surface area contributed by atoms with Gasteiger partial charge in [0.2, 0.25) is 0 Å². The van der Waals surface area contributed by atoms with Crippen LogP contribution in [0.5, 0.6) is 0 Å². The number of nitrogens with one attached hydrogen (secondary N) is 1. The molecule has 6 heteroatoms. The molecule has 1 aromatic heterocycles. The number of rotatable bonds is 8. The molecule has 1 heterocycles. The van der Waals surface area contributed by atoms with Crippen LogP contribution in [0, 0.1) is 11.7 Å². The maximum atomic E-state index is 13.7. The molecule has 0 unspecified atom stereocenters. The molecule has 104 valence electrons. The van der Waals surface area contributed by atoms with Crippen LogP contribution in [0.15, 0.2) is 12.3 Å². The van der Waals surface area contributed by atoms with E-state index in [1.807, 2.05) is 0 Å². The van der Waals surface area contributed by atoms with Crippen molar-refractivity contribution in [2.75, 3.05) is 25.1 Å². The highest BCUT2D eigenvalue weighted by Crippen LogP contribution is 2.28. The predicted molar refractivity (Wildman–Crippen MR) is 67.8 cm³/mol. The van der Waals surface area contributed by atoms with Crippen LogP contribution < -0.4 is 5.32 Å². The number of halogens is 1. The van der Waals surface area contributed by atoms with Gasteiger partial charge in [0.1, 0.15) is 5.56 Å². The van der Waals surface area contributed by atoms with Crippen molar-refractivity contribution >= 4 is 11.8 Å². The Kier molecular flexibility index (Phi) is 4.68. The third kappa shape index (κ3) is 4.17. The van der Waals surface area contributed by atoms with Crippen molar-refractivity contribution in [3.05, 3.63) is 23.6 Å². The Morgan fingerprint density at radius 1 is 1.58 bits per heavy atom. The standard InChI is InChI=1S/C13H17FN2O3/c14-11-10(13(17)18)4-6-16-12(11)15-5-1-7-19-8-9-2-3-9/h4,6,9H,1-3,5,7-8H2,(H,15,16)(H,17,18). The maximum absolute atomic E-state index is 13.7. The minimum Gasteiger partial charge on any atom is -0.478 e. The van der Waals surface area contributed by atoms with E-state index >= 15 is 0 Å². The molecule has 1 aliphatic carbocycles. The number of carbonyl (C=O) groups is 1. The number of aromatic carboxylic acids is 1. The smallest absolute Gasteiger partial charge is 0.338 e. The van der Waals surface area contributed by atoms with Gasteiger partial charge in [0.25, 0.3) is 0 Å². The fourth-order valence-corrected chi connectivity index (χ4v) is 1.65. The number of pyridine rings is 1. The lowest BCUT2D eigenvalue weighted by Crippen LogP contribution is -2.11. The van der Waals surface area contributed by atoms with Crippen molar-refractivity contribution < 1.29 is 19.0 Å². The zero-order valence-corrected chi connectivity index (χ0v) is 10.6. The first kappa shape index (κ1) is 13.7. The lowest BCUT2D eigenvalue weighted by molar-refractivity contribution is 0.0692. The van der Waals surface area contributed by atoms with E-state index in [0.29, 0.717) is 13.2 Å². The number of carboxylic acids is 1. The second-order valence-corrected chi connectivity index (χ2v) is 4.62. The molecule has 0 saturated heterocycles. The third-order valence-corrected chi connectivity index (χ3v) is 2.93. The molecular formula is C13H17FN2O3. The number of hydrogen-bond acceptors (Lipinski definition) is 4. The summed E-state index contributed by atoms with van der Waals surface area (Å²) in [7, 11) is 0. The molecule has 0 amide bonds. The molecule has 0 radical (unpaired) electrons. The largest absolute Gasteiger partial charge is 0.478 e. The molecule has 1 aromatic rings. The first-order valence-electron chi connectivity index (χ1n) is 6.38. The van der Waals surface area contributed by atoms with Gasteiger partial charge in [-0.15, -0.1) is 0 Å². The Bertz CT molecular complexity index is 450. The minimum atomic E-state index is -1.30. The van der Waals surface area contributed by atoms with Gasteiger partial charge in [-0.2, -0.15) is 0 Å². The van der Waals surface area contributed by atoms with Crippen molar-refractivity contribution in [3.63, 3.8) is 0 Å². The van der Waals surface area contributed by atoms with Crippen LogP contribution in [-0.2, 0) is 4.74 Å². The lowest BCUT2D eigenvalue weighted by atomic mass is 10.2. The van der Waals surface area contributed by atoms with Gasteiger partial charge in [-0.25, -0.2) is 14.2 Å². The van der Waals surface area contributed by atoms with E-state index in [0.717, 1.165) is 25.0 Å². The first-order chi connectivity index (χ1) is 9.18. The van der Waals surface area contributed by atoms with Crippen molar-refractivity contribution in [3.8, 4) is 0 Å². The number of carboxylic acid groups (broad SMARTS) is 1. The van der Waals surface area contributed by atoms with Crippen LogP contribution >= 0.6 is 0 Å². The van der Waals surface area contributed by atoms with E-state index in [9.17, 15) is 9.18 Å². The van der Waals surface area contributed by atoms with Gasteiger partial charge < -0.3 is 15.2 Å². The Balaban J connectivity index is 1.72. The monoisotopic (exact) mass is 268 g/mol. The molecule has 0 aliphatic heterocycles. The van der Waals surface area contributed by atoms with Crippen molar-refractivity contribution in [1.82, 2.24) is 4.98 Å². The Morgan fingerprint density at radius 3 is 3.05 bits per heavy atom. The van der Waals surface area contributed by atoms with Gasteiger partial charge in [0, 0.05) is 26.0 Å². The Labute approximate surface area is 110 Å². The fourth-order valence-electron chi connectivity index (χ4n) is 1.65. The Hall–Kier alpha value is -1.69. The molecule has 0 spiro atoms. The second-order valence-electron chi connectivity index (χ2n) is 4.62. The number of ether oxygens (including phenoxy) is 1. The van der Waals surface area contributed by atoms with E-state index in [4.69, 9.17) is 9.84 Å². The van der Waals surface area contributed by atoms with Crippen molar-refractivity contribution in [2.24, 2.45) is 5.92 Å². The molecule has 1 saturated carbocycles. The molecule has 0 aromatic carbocycles. The number of aromatic nitrogens is 1. The summed E-state index contributed by atoms with van der Waals surface area (Å²) in [5, 5.41) is 11.6. The quantitative estimate of drug-likeness (QED) is 0.707. The maximum Gasteiger partial charge on any atom is 0.338 e. The highest BCUT2D eigenvalue weighted by molar-refractivity contribution is 5.88. The van der Waals surface area contributed by atoms with Gasteiger partial charge in [0.05, 0.1) is 0 Å². The van der Waals surface area contributed by atoms with Crippen LogP contribution in [0.2, 0.25) is 0 Å². The van der Waals surface area contributed by atoms with Crippen LogP contribution in [0.4, 0.5) is 10.2 Å². The van der Waals surface area contributed by atoms with E-state index in [1.165, 1.54) is 19.0 Å². The molecule has 1 fully saturated rings. The van der Waals surface area contributed by atoms with Gasteiger partial charge in [0.15, 0.2) is 11.6 Å². The van der Waals surface area contributed by atoms with Crippen LogP contribution in [0.3, 0.4) is 0 Å². The SMILES string of the molecule is O=C(O)c1ccnc(NCCCOCC2CC2)c1F. The molecular weight excluding hydrogens is 251 g/mol. The van der Waals surface area contributed by atoms with Crippen LogP contribution in [-0.4, -0.2) is 35.8 Å². The molecule has 0 atom stereocenters. The van der Waals surface area contributed by atoms with Gasteiger partial charge in [-0.3, -0.25) is 0 Å². The van der Waals surface area contributed by atoms with E-state index in [2.05, 4.69) is 10.3 Å². The second kappa shape index (κ2) is 6.47. The first-order valence-corrected chi connectivity index (χ1v) is 6.38. The molecule has 19 heavy (non-hydrogen) atoms. The third-order valence-electron chi connectivity index (χ3n) is 2.93. The summed E-state index contributed by atoms with van der Waals surface area (Å²) in [5.41, 5.74) is -0.373. The predicted octanol–water partition coefficient (Wildman–Crippen LogP) is 2.15. The highest BCUT2D eigenvalue weighted by atomic mass is 19.1. The zero-order valence-electron chi connectivity index (χ0n) is 10.6. The summed E-state index contributed by atoms with van der Waals surface area (Å²) < 4.78 is 19.1. The van der Waals surface area contributed by atoms with E-state index in [-0.39, 0.29) is 11.4 Å². The lowest BCUT2D eigenvalue weighted by Gasteiger charge is -2.08. The minimum absolute atomic E-state index is 0.0258. The van der Waals surface area contributed by atoms with Crippen LogP contribution in [0.1, 0.15) is 29.6 Å². The van der Waals surface area contributed by atoms with Gasteiger partial charge in [-0.1, -0.05) is 0 Å². The topological polar surface area (TPSA) is 71.5 Å².